The first kappa shape index (κ1) is 9.84. The third-order valence-electron chi connectivity index (χ3n) is 2.69. The van der Waals surface area contributed by atoms with E-state index < -0.39 is 0 Å². The lowest BCUT2D eigenvalue weighted by atomic mass is 9.98. The van der Waals surface area contributed by atoms with Crippen LogP contribution in [0.5, 0.6) is 0 Å². The first-order chi connectivity index (χ1) is 8.45. The SMILES string of the molecule is c1ccc(-c2ccccc2C2N=NN=N2)cc1. The molecule has 4 nitrogen and oxygen atoms in total. The highest BCUT2D eigenvalue weighted by molar-refractivity contribution is 5.67. The van der Waals surface area contributed by atoms with Crippen molar-refractivity contribution in [1.29, 1.82) is 0 Å². The largest absolute Gasteiger partial charge is 0.211 e. The van der Waals surface area contributed by atoms with Crippen molar-refractivity contribution in [2.45, 2.75) is 6.17 Å². The summed E-state index contributed by atoms with van der Waals surface area (Å²) in [5.41, 5.74) is 3.31. The molecular formula is C13H10N4. The molecule has 0 fully saturated rings. The van der Waals surface area contributed by atoms with E-state index in [4.69, 9.17) is 0 Å². The van der Waals surface area contributed by atoms with Crippen LogP contribution >= 0.6 is 0 Å². The molecule has 2 aromatic rings. The van der Waals surface area contributed by atoms with Crippen molar-refractivity contribution >= 4 is 0 Å². The summed E-state index contributed by atoms with van der Waals surface area (Å²) in [5, 5.41) is 15.1. The zero-order valence-electron chi connectivity index (χ0n) is 9.06. The molecule has 0 aromatic heterocycles. The Labute approximate surface area is 98.7 Å². The summed E-state index contributed by atoms with van der Waals surface area (Å²) in [4.78, 5) is 0. The van der Waals surface area contributed by atoms with Crippen LogP contribution in [-0.4, -0.2) is 0 Å². The van der Waals surface area contributed by atoms with E-state index in [0.29, 0.717) is 0 Å². The molecule has 0 spiro atoms. The normalized spacial score (nSPS) is 14.4. The second-order valence-electron chi connectivity index (χ2n) is 3.74. The van der Waals surface area contributed by atoms with E-state index in [-0.39, 0.29) is 6.17 Å². The molecule has 17 heavy (non-hydrogen) atoms. The molecule has 0 saturated carbocycles. The number of nitrogens with zero attached hydrogens (tertiary/aromatic N) is 4. The highest BCUT2D eigenvalue weighted by Gasteiger charge is 2.16. The highest BCUT2D eigenvalue weighted by Crippen LogP contribution is 2.32. The predicted octanol–water partition coefficient (Wildman–Crippen LogP) is 4.19. The molecule has 2 aromatic carbocycles. The fraction of sp³-hybridized carbons (Fsp3) is 0.0769. The smallest absolute Gasteiger partial charge is 0.133 e. The Morgan fingerprint density at radius 3 is 2.12 bits per heavy atom. The fourth-order valence-corrected chi connectivity index (χ4v) is 1.89. The zero-order valence-corrected chi connectivity index (χ0v) is 9.06. The summed E-state index contributed by atoms with van der Waals surface area (Å²) >= 11 is 0. The van der Waals surface area contributed by atoms with Gasteiger partial charge in [0.15, 0.2) is 0 Å². The maximum atomic E-state index is 3.98. The van der Waals surface area contributed by atoms with Gasteiger partial charge >= 0.3 is 0 Å². The van der Waals surface area contributed by atoms with E-state index in [9.17, 15) is 0 Å². The van der Waals surface area contributed by atoms with Crippen LogP contribution in [0.1, 0.15) is 11.7 Å². The Hall–Kier alpha value is -2.36. The van der Waals surface area contributed by atoms with E-state index in [1.165, 1.54) is 0 Å². The Bertz CT molecular complexity index is 563. The van der Waals surface area contributed by atoms with Gasteiger partial charge in [-0.2, -0.15) is 0 Å². The van der Waals surface area contributed by atoms with Crippen molar-refractivity contribution in [2.75, 3.05) is 0 Å². The minimum Gasteiger partial charge on any atom is -0.133 e. The average molecular weight is 222 g/mol. The van der Waals surface area contributed by atoms with E-state index in [1.807, 2.05) is 36.4 Å². The monoisotopic (exact) mass is 222 g/mol. The molecule has 0 aliphatic carbocycles. The minimum atomic E-state index is -0.300. The van der Waals surface area contributed by atoms with Gasteiger partial charge in [-0.15, -0.1) is 10.2 Å². The summed E-state index contributed by atoms with van der Waals surface area (Å²) in [6, 6.07) is 18.2. The first-order valence-corrected chi connectivity index (χ1v) is 5.39. The first-order valence-electron chi connectivity index (χ1n) is 5.39. The number of rotatable bonds is 2. The van der Waals surface area contributed by atoms with Crippen LogP contribution in [0, 0.1) is 0 Å². The lowest BCUT2D eigenvalue weighted by molar-refractivity contribution is 0.767. The van der Waals surface area contributed by atoms with Gasteiger partial charge < -0.3 is 0 Å². The van der Waals surface area contributed by atoms with Gasteiger partial charge in [0, 0.05) is 5.56 Å². The third kappa shape index (κ3) is 1.85. The molecule has 1 aliphatic heterocycles. The predicted molar refractivity (Wildman–Crippen MR) is 64.3 cm³/mol. The molecule has 4 heteroatoms. The summed E-state index contributed by atoms with van der Waals surface area (Å²) < 4.78 is 0. The van der Waals surface area contributed by atoms with Crippen LogP contribution in [0.2, 0.25) is 0 Å². The van der Waals surface area contributed by atoms with Crippen LogP contribution in [0.4, 0.5) is 0 Å². The number of hydrogen-bond acceptors (Lipinski definition) is 4. The Kier molecular flexibility index (Phi) is 2.46. The number of benzene rings is 2. The van der Waals surface area contributed by atoms with Crippen molar-refractivity contribution in [3.63, 3.8) is 0 Å². The third-order valence-corrected chi connectivity index (χ3v) is 2.69. The van der Waals surface area contributed by atoms with Crippen molar-refractivity contribution in [1.82, 2.24) is 0 Å². The van der Waals surface area contributed by atoms with Gasteiger partial charge in [0.1, 0.15) is 0 Å². The summed E-state index contributed by atoms with van der Waals surface area (Å²) in [5.74, 6) is 0. The topological polar surface area (TPSA) is 49.4 Å². The zero-order chi connectivity index (χ0) is 11.5. The number of hydrogen-bond donors (Lipinski definition) is 0. The van der Waals surface area contributed by atoms with Crippen molar-refractivity contribution in [3.8, 4) is 11.1 Å². The maximum absolute atomic E-state index is 3.98. The van der Waals surface area contributed by atoms with E-state index >= 15 is 0 Å². The van der Waals surface area contributed by atoms with E-state index in [1.54, 1.807) is 0 Å². The van der Waals surface area contributed by atoms with Gasteiger partial charge in [-0.1, -0.05) is 54.6 Å². The fourth-order valence-electron chi connectivity index (χ4n) is 1.89. The average Bonchev–Trinajstić information content (AvgIpc) is 2.94. The van der Waals surface area contributed by atoms with Crippen molar-refractivity contribution in [2.24, 2.45) is 20.7 Å². The van der Waals surface area contributed by atoms with Gasteiger partial charge in [-0.25, -0.2) is 0 Å². The Morgan fingerprint density at radius 2 is 1.35 bits per heavy atom. The van der Waals surface area contributed by atoms with Crippen LogP contribution in [0.25, 0.3) is 11.1 Å². The van der Waals surface area contributed by atoms with E-state index in [0.717, 1.165) is 16.7 Å². The summed E-state index contributed by atoms with van der Waals surface area (Å²) in [6.45, 7) is 0. The Morgan fingerprint density at radius 1 is 0.706 bits per heavy atom. The molecule has 1 heterocycles. The van der Waals surface area contributed by atoms with Gasteiger partial charge in [0.2, 0.25) is 6.17 Å². The van der Waals surface area contributed by atoms with Crippen molar-refractivity contribution < 1.29 is 0 Å². The second-order valence-corrected chi connectivity index (χ2v) is 3.74. The van der Waals surface area contributed by atoms with Gasteiger partial charge in [-0.05, 0) is 21.6 Å². The second kappa shape index (κ2) is 4.25. The standard InChI is InChI=1S/C13H10N4/c1-2-6-10(7-3-1)11-8-4-5-9-12(11)13-14-16-17-15-13/h1-9,13H. The summed E-state index contributed by atoms with van der Waals surface area (Å²) in [6.07, 6.45) is -0.300. The van der Waals surface area contributed by atoms with Gasteiger partial charge in [-0.3, -0.25) is 0 Å². The molecule has 1 aliphatic rings. The highest BCUT2D eigenvalue weighted by atomic mass is 15.6. The minimum absolute atomic E-state index is 0.300. The molecule has 82 valence electrons. The Balaban J connectivity index is 2.11. The van der Waals surface area contributed by atoms with Gasteiger partial charge in [0.25, 0.3) is 0 Å². The molecule has 0 radical (unpaired) electrons. The van der Waals surface area contributed by atoms with Gasteiger partial charge in [0.05, 0.1) is 0 Å². The molecule has 0 amide bonds. The molecule has 0 atom stereocenters. The van der Waals surface area contributed by atoms with Crippen LogP contribution in [-0.2, 0) is 0 Å². The molecule has 0 unspecified atom stereocenters. The molecule has 0 bridgehead atoms. The molecular weight excluding hydrogens is 212 g/mol. The quantitative estimate of drug-likeness (QED) is 0.731. The maximum Gasteiger partial charge on any atom is 0.211 e. The lowest BCUT2D eigenvalue weighted by Crippen LogP contribution is -1.92. The summed E-state index contributed by atoms with van der Waals surface area (Å²) in [7, 11) is 0. The van der Waals surface area contributed by atoms with Crippen LogP contribution in [0.15, 0.2) is 75.3 Å². The van der Waals surface area contributed by atoms with Crippen LogP contribution in [0.3, 0.4) is 0 Å². The lowest BCUT2D eigenvalue weighted by Gasteiger charge is -2.09. The molecule has 3 rings (SSSR count). The molecule has 0 saturated heterocycles. The van der Waals surface area contributed by atoms with E-state index in [2.05, 4.69) is 38.9 Å². The van der Waals surface area contributed by atoms with Crippen LogP contribution < -0.4 is 0 Å². The molecule has 0 N–H and O–H groups in total. The van der Waals surface area contributed by atoms with Crippen molar-refractivity contribution in [3.05, 3.63) is 60.2 Å².